The highest BCUT2D eigenvalue weighted by molar-refractivity contribution is 6.21. The molecular weight excluding hydrogens is 320 g/mol. The van der Waals surface area contributed by atoms with Gasteiger partial charge in [0.1, 0.15) is 12.4 Å². The first-order valence-corrected chi connectivity index (χ1v) is 7.89. The zero-order valence-electron chi connectivity index (χ0n) is 14.1. The van der Waals surface area contributed by atoms with E-state index in [4.69, 9.17) is 4.74 Å². The standard InChI is InChI=1S/C19H18N2O4/c1-20(10-11-25-14-6-4-3-5-7-14)17(22)13-8-9-15-16(12-13)19(24)21(2)18(15)23/h3-9,12H,10-11H2,1-2H3. The smallest absolute Gasteiger partial charge is 0.261 e. The Kier molecular flexibility index (Phi) is 4.52. The first-order chi connectivity index (χ1) is 12.0. The van der Waals surface area contributed by atoms with E-state index in [-0.39, 0.29) is 23.3 Å². The third-order valence-electron chi connectivity index (χ3n) is 4.12. The zero-order chi connectivity index (χ0) is 18.0. The normalized spacial score (nSPS) is 13.0. The van der Waals surface area contributed by atoms with E-state index in [0.717, 1.165) is 10.6 Å². The summed E-state index contributed by atoms with van der Waals surface area (Å²) < 4.78 is 5.58. The number of imide groups is 1. The molecule has 0 saturated carbocycles. The number of benzene rings is 2. The van der Waals surface area contributed by atoms with E-state index in [0.29, 0.717) is 24.3 Å². The summed E-state index contributed by atoms with van der Waals surface area (Å²) in [5, 5.41) is 0. The fourth-order valence-corrected chi connectivity index (χ4v) is 2.63. The summed E-state index contributed by atoms with van der Waals surface area (Å²) in [4.78, 5) is 39.0. The van der Waals surface area contributed by atoms with Gasteiger partial charge >= 0.3 is 0 Å². The van der Waals surface area contributed by atoms with Crippen molar-refractivity contribution in [1.29, 1.82) is 0 Å². The average Bonchev–Trinajstić information content (AvgIpc) is 2.86. The lowest BCUT2D eigenvalue weighted by Gasteiger charge is -2.17. The zero-order valence-corrected chi connectivity index (χ0v) is 14.1. The van der Waals surface area contributed by atoms with Crippen molar-refractivity contribution in [1.82, 2.24) is 9.80 Å². The third-order valence-corrected chi connectivity index (χ3v) is 4.12. The van der Waals surface area contributed by atoms with E-state index in [9.17, 15) is 14.4 Å². The van der Waals surface area contributed by atoms with Gasteiger partial charge in [0.25, 0.3) is 17.7 Å². The second kappa shape index (κ2) is 6.76. The Hall–Kier alpha value is -3.15. The van der Waals surface area contributed by atoms with Crippen molar-refractivity contribution < 1.29 is 19.1 Å². The lowest BCUT2D eigenvalue weighted by Crippen LogP contribution is -2.31. The molecule has 3 rings (SSSR count). The van der Waals surface area contributed by atoms with E-state index in [2.05, 4.69) is 0 Å². The number of carbonyl (C=O) groups is 3. The summed E-state index contributed by atoms with van der Waals surface area (Å²) in [6.45, 7) is 0.759. The molecule has 25 heavy (non-hydrogen) atoms. The highest BCUT2D eigenvalue weighted by Gasteiger charge is 2.33. The van der Waals surface area contributed by atoms with Crippen LogP contribution in [0.25, 0.3) is 0 Å². The Labute approximate surface area is 145 Å². The van der Waals surface area contributed by atoms with Crippen LogP contribution >= 0.6 is 0 Å². The van der Waals surface area contributed by atoms with Crippen LogP contribution in [0.5, 0.6) is 5.75 Å². The number of hydrogen-bond donors (Lipinski definition) is 0. The van der Waals surface area contributed by atoms with Gasteiger partial charge in [0, 0.05) is 19.7 Å². The molecule has 0 bridgehead atoms. The molecule has 0 radical (unpaired) electrons. The largest absolute Gasteiger partial charge is 0.492 e. The maximum atomic E-state index is 12.5. The summed E-state index contributed by atoms with van der Waals surface area (Å²) in [7, 11) is 3.10. The number of nitrogens with zero attached hydrogens (tertiary/aromatic N) is 2. The van der Waals surface area contributed by atoms with Gasteiger partial charge in [-0.15, -0.1) is 0 Å². The summed E-state index contributed by atoms with van der Waals surface area (Å²) in [6.07, 6.45) is 0. The van der Waals surface area contributed by atoms with Crippen LogP contribution < -0.4 is 4.74 Å². The lowest BCUT2D eigenvalue weighted by molar-refractivity contribution is 0.0692. The molecule has 1 aliphatic rings. The Morgan fingerprint density at radius 1 is 1.04 bits per heavy atom. The van der Waals surface area contributed by atoms with E-state index < -0.39 is 0 Å². The van der Waals surface area contributed by atoms with Crippen molar-refractivity contribution in [3.8, 4) is 5.75 Å². The fraction of sp³-hybridized carbons (Fsp3) is 0.211. The van der Waals surface area contributed by atoms with Crippen LogP contribution in [0, 0.1) is 0 Å². The first-order valence-electron chi connectivity index (χ1n) is 7.89. The Morgan fingerprint density at radius 2 is 1.72 bits per heavy atom. The van der Waals surface area contributed by atoms with Gasteiger partial charge in [0.15, 0.2) is 0 Å². The topological polar surface area (TPSA) is 66.9 Å². The summed E-state index contributed by atoms with van der Waals surface area (Å²) in [5.74, 6) is -0.212. The van der Waals surface area contributed by atoms with Crippen LogP contribution in [-0.4, -0.2) is 54.8 Å². The average molecular weight is 338 g/mol. The monoisotopic (exact) mass is 338 g/mol. The van der Waals surface area contributed by atoms with Gasteiger partial charge in [-0.1, -0.05) is 18.2 Å². The molecular formula is C19H18N2O4. The number of para-hydroxylation sites is 1. The Morgan fingerprint density at radius 3 is 2.44 bits per heavy atom. The van der Waals surface area contributed by atoms with Gasteiger partial charge in [0.05, 0.1) is 17.7 Å². The molecule has 0 atom stereocenters. The molecule has 2 aromatic rings. The molecule has 6 heteroatoms. The first kappa shape index (κ1) is 16.7. The van der Waals surface area contributed by atoms with Gasteiger partial charge in [0.2, 0.25) is 0 Å². The van der Waals surface area contributed by atoms with Crippen LogP contribution in [0.1, 0.15) is 31.1 Å². The maximum Gasteiger partial charge on any atom is 0.261 e. The number of rotatable bonds is 5. The molecule has 1 heterocycles. The van der Waals surface area contributed by atoms with Gasteiger partial charge in [-0.3, -0.25) is 19.3 Å². The molecule has 0 unspecified atom stereocenters. The van der Waals surface area contributed by atoms with Gasteiger partial charge in [-0.05, 0) is 30.3 Å². The highest BCUT2D eigenvalue weighted by Crippen LogP contribution is 2.23. The SMILES string of the molecule is CN(CCOc1ccccc1)C(=O)c1ccc2c(c1)C(=O)N(C)C2=O. The number of fused-ring (bicyclic) bond motifs is 1. The van der Waals surface area contributed by atoms with Crippen LogP contribution in [-0.2, 0) is 0 Å². The van der Waals surface area contributed by atoms with Crippen LogP contribution in [0.3, 0.4) is 0 Å². The second-order valence-electron chi connectivity index (χ2n) is 5.82. The molecule has 0 N–H and O–H groups in total. The van der Waals surface area contributed by atoms with Crippen LogP contribution in [0.4, 0.5) is 0 Å². The van der Waals surface area contributed by atoms with Crippen molar-refractivity contribution in [2.24, 2.45) is 0 Å². The summed E-state index contributed by atoms with van der Waals surface area (Å²) in [6, 6.07) is 13.9. The predicted molar refractivity (Wildman–Crippen MR) is 91.8 cm³/mol. The molecule has 0 spiro atoms. The molecule has 0 saturated heterocycles. The quantitative estimate of drug-likeness (QED) is 0.783. The molecule has 0 fully saturated rings. The lowest BCUT2D eigenvalue weighted by atomic mass is 10.1. The van der Waals surface area contributed by atoms with E-state index in [1.165, 1.54) is 24.1 Å². The van der Waals surface area contributed by atoms with Crippen LogP contribution in [0.2, 0.25) is 0 Å². The van der Waals surface area contributed by atoms with Gasteiger partial charge < -0.3 is 9.64 Å². The summed E-state index contributed by atoms with van der Waals surface area (Å²) >= 11 is 0. The number of carbonyl (C=O) groups excluding carboxylic acids is 3. The molecule has 2 aromatic carbocycles. The molecule has 128 valence electrons. The molecule has 0 aliphatic carbocycles. The van der Waals surface area contributed by atoms with Crippen molar-refractivity contribution in [3.63, 3.8) is 0 Å². The minimum Gasteiger partial charge on any atom is -0.492 e. The predicted octanol–water partition coefficient (Wildman–Crippen LogP) is 2.06. The van der Waals surface area contributed by atoms with E-state index >= 15 is 0 Å². The number of hydrogen-bond acceptors (Lipinski definition) is 4. The Balaban J connectivity index is 1.65. The second-order valence-corrected chi connectivity index (χ2v) is 5.82. The molecule has 3 amide bonds. The minimum absolute atomic E-state index is 0.228. The summed E-state index contributed by atoms with van der Waals surface area (Å²) in [5.41, 5.74) is 0.976. The van der Waals surface area contributed by atoms with E-state index in [1.807, 2.05) is 30.3 Å². The fourth-order valence-electron chi connectivity index (χ4n) is 2.63. The van der Waals surface area contributed by atoms with Crippen molar-refractivity contribution in [2.45, 2.75) is 0 Å². The maximum absolute atomic E-state index is 12.5. The molecule has 0 aromatic heterocycles. The number of amides is 3. The number of ether oxygens (including phenoxy) is 1. The molecule has 6 nitrogen and oxygen atoms in total. The van der Waals surface area contributed by atoms with Crippen molar-refractivity contribution in [2.75, 3.05) is 27.2 Å². The van der Waals surface area contributed by atoms with Crippen molar-refractivity contribution >= 4 is 17.7 Å². The van der Waals surface area contributed by atoms with Crippen molar-refractivity contribution in [3.05, 3.63) is 65.2 Å². The Bertz CT molecular complexity index is 833. The van der Waals surface area contributed by atoms with Gasteiger partial charge in [-0.2, -0.15) is 0 Å². The number of likely N-dealkylation sites (N-methyl/N-ethyl adjacent to an activating group) is 1. The minimum atomic E-state index is -0.385. The van der Waals surface area contributed by atoms with Gasteiger partial charge in [-0.25, -0.2) is 0 Å². The molecule has 1 aliphatic heterocycles. The highest BCUT2D eigenvalue weighted by atomic mass is 16.5. The van der Waals surface area contributed by atoms with Crippen LogP contribution in [0.15, 0.2) is 48.5 Å². The van der Waals surface area contributed by atoms with E-state index in [1.54, 1.807) is 13.1 Å². The third kappa shape index (κ3) is 3.24.